The van der Waals surface area contributed by atoms with Gasteiger partial charge in [-0.15, -0.1) is 0 Å². The lowest BCUT2D eigenvalue weighted by Crippen LogP contribution is -2.50. The maximum absolute atomic E-state index is 12.7. The molecule has 1 fully saturated rings. The van der Waals surface area contributed by atoms with E-state index < -0.39 is 21.8 Å². The first-order chi connectivity index (χ1) is 14.4. The highest BCUT2D eigenvalue weighted by Crippen LogP contribution is 2.21. The van der Waals surface area contributed by atoms with Crippen LogP contribution in [-0.2, 0) is 14.6 Å². The Kier molecular flexibility index (Phi) is 7.23. The third kappa shape index (κ3) is 5.06. The summed E-state index contributed by atoms with van der Waals surface area (Å²) in [6.45, 7) is 1.09. The predicted molar refractivity (Wildman–Crippen MR) is 112 cm³/mol. The van der Waals surface area contributed by atoms with Crippen LogP contribution in [0, 0.1) is 0 Å². The van der Waals surface area contributed by atoms with Crippen molar-refractivity contribution in [2.24, 2.45) is 0 Å². The lowest BCUT2D eigenvalue weighted by molar-refractivity contribution is -0.134. The maximum atomic E-state index is 12.7. The number of rotatable bonds is 7. The average Bonchev–Trinajstić information content (AvgIpc) is 2.79. The first-order valence-electron chi connectivity index (χ1n) is 10.0. The summed E-state index contributed by atoms with van der Waals surface area (Å²) < 4.78 is 25.3. The van der Waals surface area contributed by atoms with Gasteiger partial charge < -0.3 is 15.3 Å². The quantitative estimate of drug-likeness (QED) is 0.699. The van der Waals surface area contributed by atoms with Crippen molar-refractivity contribution < 1.29 is 23.1 Å². The van der Waals surface area contributed by atoms with Gasteiger partial charge in [0.05, 0.1) is 9.79 Å². The molecular formula is C22H26N2O5S. The Morgan fingerprint density at radius 3 is 2.13 bits per heavy atom. The molecule has 0 spiro atoms. The van der Waals surface area contributed by atoms with E-state index in [0.29, 0.717) is 13.1 Å². The number of carbonyl (C=O) groups excluding carboxylic acids is 2. The van der Waals surface area contributed by atoms with E-state index in [1.807, 2.05) is 0 Å². The van der Waals surface area contributed by atoms with E-state index in [0.717, 1.165) is 19.3 Å². The van der Waals surface area contributed by atoms with Crippen LogP contribution in [0.25, 0.3) is 0 Å². The number of hydrogen-bond donors (Lipinski definition) is 2. The Labute approximate surface area is 176 Å². The van der Waals surface area contributed by atoms with E-state index in [1.54, 1.807) is 23.1 Å². The molecule has 0 radical (unpaired) electrons. The van der Waals surface area contributed by atoms with Gasteiger partial charge in [0.2, 0.25) is 15.7 Å². The standard InChI is InChI=1S/C22H26N2O5S/c25-16-13-20(22(27)24-14-5-2-6-15-24)23-21(26)17-9-11-19(12-10-17)30(28,29)18-7-3-1-4-8-18/h1,3-4,7-12,20,25H,2,5-6,13-16H2,(H,23,26)/t20-/m0/s1. The highest BCUT2D eigenvalue weighted by Gasteiger charge is 2.27. The summed E-state index contributed by atoms with van der Waals surface area (Å²) in [7, 11) is -3.67. The number of aliphatic hydroxyl groups is 1. The number of benzene rings is 2. The zero-order chi connectivity index (χ0) is 21.6. The molecule has 8 heteroatoms. The molecular weight excluding hydrogens is 404 g/mol. The molecule has 1 heterocycles. The molecule has 1 saturated heterocycles. The molecule has 0 aliphatic carbocycles. The van der Waals surface area contributed by atoms with E-state index in [-0.39, 0.29) is 34.3 Å². The van der Waals surface area contributed by atoms with Crippen LogP contribution in [0.4, 0.5) is 0 Å². The molecule has 2 amide bonds. The smallest absolute Gasteiger partial charge is 0.251 e. The summed E-state index contributed by atoms with van der Waals surface area (Å²) in [5.41, 5.74) is 0.247. The van der Waals surface area contributed by atoms with Gasteiger partial charge >= 0.3 is 0 Å². The summed E-state index contributed by atoms with van der Waals surface area (Å²) in [6, 6.07) is 12.9. The van der Waals surface area contributed by atoms with Crippen LogP contribution in [0.2, 0.25) is 0 Å². The third-order valence-electron chi connectivity index (χ3n) is 5.17. The molecule has 160 valence electrons. The third-order valence-corrected chi connectivity index (χ3v) is 6.95. The molecule has 1 atom stereocenters. The Morgan fingerprint density at radius 1 is 0.933 bits per heavy atom. The van der Waals surface area contributed by atoms with Crippen LogP contribution in [0.3, 0.4) is 0 Å². The number of hydrogen-bond acceptors (Lipinski definition) is 5. The highest BCUT2D eigenvalue weighted by molar-refractivity contribution is 7.91. The minimum absolute atomic E-state index is 0.0848. The lowest BCUT2D eigenvalue weighted by Gasteiger charge is -2.30. The van der Waals surface area contributed by atoms with Crippen molar-refractivity contribution in [1.29, 1.82) is 0 Å². The number of carbonyl (C=O) groups is 2. The minimum Gasteiger partial charge on any atom is -0.396 e. The van der Waals surface area contributed by atoms with Crippen molar-refractivity contribution in [2.45, 2.75) is 41.5 Å². The topological polar surface area (TPSA) is 104 Å². The van der Waals surface area contributed by atoms with Crippen LogP contribution in [-0.4, -0.2) is 56.0 Å². The van der Waals surface area contributed by atoms with Crippen LogP contribution in [0.15, 0.2) is 64.4 Å². The highest BCUT2D eigenvalue weighted by atomic mass is 32.2. The second kappa shape index (κ2) is 9.86. The predicted octanol–water partition coefficient (Wildman–Crippen LogP) is 2.01. The number of amides is 2. The van der Waals surface area contributed by atoms with E-state index in [1.165, 1.54) is 36.4 Å². The normalized spacial score (nSPS) is 15.4. The molecule has 1 aliphatic heterocycles. The van der Waals surface area contributed by atoms with Crippen molar-refractivity contribution in [3.05, 3.63) is 60.2 Å². The lowest BCUT2D eigenvalue weighted by atomic mass is 10.1. The second-order valence-corrected chi connectivity index (χ2v) is 9.21. The van der Waals surface area contributed by atoms with Gasteiger partial charge in [0.1, 0.15) is 6.04 Å². The Hall–Kier alpha value is -2.71. The summed E-state index contributed by atoms with van der Waals surface area (Å²) in [5, 5.41) is 12.0. The molecule has 0 unspecified atom stereocenters. The fourth-order valence-electron chi connectivity index (χ4n) is 3.48. The monoisotopic (exact) mass is 430 g/mol. The minimum atomic E-state index is -3.67. The SMILES string of the molecule is O=C(N[C@@H](CCO)C(=O)N1CCCCC1)c1ccc(S(=O)(=O)c2ccccc2)cc1. The van der Waals surface area contributed by atoms with Crippen molar-refractivity contribution in [2.75, 3.05) is 19.7 Å². The van der Waals surface area contributed by atoms with Gasteiger partial charge in [-0.25, -0.2) is 8.42 Å². The molecule has 30 heavy (non-hydrogen) atoms. The van der Waals surface area contributed by atoms with Crippen molar-refractivity contribution in [3.8, 4) is 0 Å². The molecule has 2 aromatic carbocycles. The van der Waals surface area contributed by atoms with Gasteiger partial charge in [-0.05, 0) is 62.1 Å². The largest absolute Gasteiger partial charge is 0.396 e. The van der Waals surface area contributed by atoms with E-state index in [2.05, 4.69) is 5.32 Å². The molecule has 0 bridgehead atoms. The van der Waals surface area contributed by atoms with Gasteiger partial charge in [0, 0.05) is 25.3 Å². The van der Waals surface area contributed by atoms with E-state index >= 15 is 0 Å². The molecule has 0 saturated carbocycles. The first kappa shape index (κ1) is 22.0. The molecule has 2 N–H and O–H groups in total. The zero-order valence-electron chi connectivity index (χ0n) is 16.7. The molecule has 0 aromatic heterocycles. The van der Waals surface area contributed by atoms with Crippen LogP contribution in [0.5, 0.6) is 0 Å². The number of likely N-dealkylation sites (tertiary alicyclic amines) is 1. The maximum Gasteiger partial charge on any atom is 0.251 e. The first-order valence-corrected chi connectivity index (χ1v) is 11.5. The summed E-state index contributed by atoms with van der Waals surface area (Å²) >= 11 is 0. The number of sulfone groups is 1. The van der Waals surface area contributed by atoms with Crippen molar-refractivity contribution in [1.82, 2.24) is 10.2 Å². The molecule has 7 nitrogen and oxygen atoms in total. The number of nitrogens with zero attached hydrogens (tertiary/aromatic N) is 1. The summed E-state index contributed by atoms with van der Waals surface area (Å²) in [6.07, 6.45) is 3.08. The van der Waals surface area contributed by atoms with Crippen molar-refractivity contribution in [3.63, 3.8) is 0 Å². The Balaban J connectivity index is 1.72. The van der Waals surface area contributed by atoms with Crippen LogP contribution >= 0.6 is 0 Å². The fraction of sp³-hybridized carbons (Fsp3) is 0.364. The Bertz CT molecular complexity index is 968. The molecule has 3 rings (SSSR count). The molecule has 2 aromatic rings. The van der Waals surface area contributed by atoms with Gasteiger partial charge in [-0.3, -0.25) is 9.59 Å². The molecule has 1 aliphatic rings. The average molecular weight is 431 g/mol. The van der Waals surface area contributed by atoms with E-state index in [9.17, 15) is 23.1 Å². The van der Waals surface area contributed by atoms with Gasteiger partial charge in [0.15, 0.2) is 0 Å². The number of nitrogens with one attached hydrogen (secondary N) is 1. The Morgan fingerprint density at radius 2 is 1.53 bits per heavy atom. The van der Waals surface area contributed by atoms with Crippen molar-refractivity contribution >= 4 is 21.7 Å². The fourth-order valence-corrected chi connectivity index (χ4v) is 4.77. The van der Waals surface area contributed by atoms with Crippen LogP contribution in [0.1, 0.15) is 36.0 Å². The van der Waals surface area contributed by atoms with Gasteiger partial charge in [-0.2, -0.15) is 0 Å². The van der Waals surface area contributed by atoms with E-state index in [4.69, 9.17) is 0 Å². The summed E-state index contributed by atoms with van der Waals surface area (Å²) in [4.78, 5) is 27.3. The number of piperidine rings is 1. The zero-order valence-corrected chi connectivity index (χ0v) is 17.5. The van der Waals surface area contributed by atoms with Crippen LogP contribution < -0.4 is 5.32 Å². The summed E-state index contributed by atoms with van der Waals surface area (Å²) in [5.74, 6) is -0.678. The van der Waals surface area contributed by atoms with Gasteiger partial charge in [0.25, 0.3) is 5.91 Å². The number of aliphatic hydroxyl groups excluding tert-OH is 1. The van der Waals surface area contributed by atoms with Gasteiger partial charge in [-0.1, -0.05) is 18.2 Å². The second-order valence-electron chi connectivity index (χ2n) is 7.27.